The first kappa shape index (κ1) is 16.7. The van der Waals surface area contributed by atoms with Crippen LogP contribution in [-0.2, 0) is 5.60 Å². The number of aliphatic hydroxyl groups is 1. The van der Waals surface area contributed by atoms with Gasteiger partial charge in [0.05, 0.1) is 0 Å². The van der Waals surface area contributed by atoms with Crippen molar-refractivity contribution in [2.24, 2.45) is 5.92 Å². The van der Waals surface area contributed by atoms with Crippen LogP contribution in [-0.4, -0.2) is 30.1 Å². The lowest BCUT2D eigenvalue weighted by atomic mass is 9.76. The van der Waals surface area contributed by atoms with Crippen molar-refractivity contribution >= 4 is 0 Å². The summed E-state index contributed by atoms with van der Waals surface area (Å²) >= 11 is 0. The second-order valence-corrected chi connectivity index (χ2v) is 6.16. The van der Waals surface area contributed by atoms with Crippen LogP contribution >= 0.6 is 0 Å². The van der Waals surface area contributed by atoms with Crippen LogP contribution in [0.2, 0.25) is 0 Å². The summed E-state index contributed by atoms with van der Waals surface area (Å²) in [5.41, 5.74) is 0.946. The molecule has 0 amide bonds. The van der Waals surface area contributed by atoms with Crippen molar-refractivity contribution in [2.45, 2.75) is 25.9 Å². The minimum atomic E-state index is -0.968. The largest absolute Gasteiger partial charge is 0.380 e. The Morgan fingerprint density at radius 2 is 1.41 bits per heavy atom. The molecule has 118 valence electrons. The molecule has 1 N–H and O–H groups in total. The fourth-order valence-corrected chi connectivity index (χ4v) is 3.19. The van der Waals surface area contributed by atoms with Gasteiger partial charge in [0.15, 0.2) is 0 Å². The van der Waals surface area contributed by atoms with Crippen LogP contribution < -0.4 is 0 Å². The molecule has 2 rings (SSSR count). The Kier molecular flexibility index (Phi) is 5.76. The minimum absolute atomic E-state index is 0.0915. The van der Waals surface area contributed by atoms with Gasteiger partial charge in [-0.1, -0.05) is 74.5 Å². The summed E-state index contributed by atoms with van der Waals surface area (Å²) in [6, 6.07) is 20.0. The zero-order valence-corrected chi connectivity index (χ0v) is 13.9. The van der Waals surface area contributed by atoms with Crippen molar-refractivity contribution < 1.29 is 5.11 Å². The van der Waals surface area contributed by atoms with Gasteiger partial charge in [-0.05, 0) is 31.1 Å². The average molecular weight is 297 g/mol. The molecule has 22 heavy (non-hydrogen) atoms. The van der Waals surface area contributed by atoms with E-state index in [-0.39, 0.29) is 5.92 Å². The SMILES string of the molecule is CCCN(C)CC(C)C(O)(c1ccccc1)c1ccccc1. The van der Waals surface area contributed by atoms with E-state index in [0.717, 1.165) is 30.6 Å². The van der Waals surface area contributed by atoms with Crippen molar-refractivity contribution in [3.8, 4) is 0 Å². The van der Waals surface area contributed by atoms with Gasteiger partial charge in [0.25, 0.3) is 0 Å². The zero-order valence-electron chi connectivity index (χ0n) is 13.9. The van der Waals surface area contributed by atoms with Crippen molar-refractivity contribution in [2.75, 3.05) is 20.1 Å². The van der Waals surface area contributed by atoms with E-state index >= 15 is 0 Å². The number of benzene rings is 2. The van der Waals surface area contributed by atoms with Crippen molar-refractivity contribution in [3.63, 3.8) is 0 Å². The molecule has 0 fully saturated rings. The summed E-state index contributed by atoms with van der Waals surface area (Å²) < 4.78 is 0. The highest BCUT2D eigenvalue weighted by Crippen LogP contribution is 2.37. The first-order valence-corrected chi connectivity index (χ1v) is 8.11. The van der Waals surface area contributed by atoms with Crippen LogP contribution in [0.5, 0.6) is 0 Å². The molecule has 0 aliphatic heterocycles. The monoisotopic (exact) mass is 297 g/mol. The van der Waals surface area contributed by atoms with Gasteiger partial charge in [0.1, 0.15) is 5.60 Å². The fourth-order valence-electron chi connectivity index (χ4n) is 3.19. The molecule has 0 aromatic heterocycles. The second kappa shape index (κ2) is 7.57. The third-order valence-electron chi connectivity index (χ3n) is 4.33. The van der Waals surface area contributed by atoms with Crippen LogP contribution in [0.3, 0.4) is 0 Å². The molecule has 0 bridgehead atoms. The van der Waals surface area contributed by atoms with Crippen LogP contribution in [0, 0.1) is 5.92 Å². The van der Waals surface area contributed by atoms with E-state index < -0.39 is 5.60 Å². The molecule has 2 aromatic carbocycles. The maximum atomic E-state index is 11.6. The van der Waals surface area contributed by atoms with E-state index in [2.05, 4.69) is 25.8 Å². The highest BCUT2D eigenvalue weighted by Gasteiger charge is 2.37. The molecule has 0 saturated heterocycles. The van der Waals surface area contributed by atoms with Gasteiger partial charge in [-0.15, -0.1) is 0 Å². The van der Waals surface area contributed by atoms with E-state index in [4.69, 9.17) is 0 Å². The van der Waals surface area contributed by atoms with Crippen LogP contribution in [0.25, 0.3) is 0 Å². The Morgan fingerprint density at radius 1 is 0.955 bits per heavy atom. The Morgan fingerprint density at radius 3 is 1.82 bits per heavy atom. The zero-order chi connectivity index (χ0) is 16.0. The maximum Gasteiger partial charge on any atom is 0.118 e. The van der Waals surface area contributed by atoms with Crippen molar-refractivity contribution in [1.29, 1.82) is 0 Å². The van der Waals surface area contributed by atoms with Crippen molar-refractivity contribution in [1.82, 2.24) is 4.90 Å². The predicted octanol–water partition coefficient (Wildman–Crippen LogP) is 3.90. The second-order valence-electron chi connectivity index (χ2n) is 6.16. The molecule has 0 heterocycles. The summed E-state index contributed by atoms with van der Waals surface area (Å²) in [6.07, 6.45) is 1.12. The summed E-state index contributed by atoms with van der Waals surface area (Å²) in [4.78, 5) is 2.29. The lowest BCUT2D eigenvalue weighted by molar-refractivity contribution is 0.0107. The fraction of sp³-hybridized carbons (Fsp3) is 0.400. The standard InChI is InChI=1S/C20H27NO/c1-4-15-21(3)16-17(2)20(22,18-11-7-5-8-12-18)19-13-9-6-10-14-19/h5-14,17,22H,4,15-16H2,1-3H3. The van der Waals surface area contributed by atoms with Crippen LogP contribution in [0.1, 0.15) is 31.4 Å². The van der Waals surface area contributed by atoms with Gasteiger partial charge in [-0.3, -0.25) is 0 Å². The third kappa shape index (κ3) is 3.57. The Labute approximate surface area is 134 Å². The summed E-state index contributed by atoms with van der Waals surface area (Å²) in [6.45, 7) is 6.21. The third-order valence-corrected chi connectivity index (χ3v) is 4.33. The topological polar surface area (TPSA) is 23.5 Å². The van der Waals surface area contributed by atoms with E-state index in [9.17, 15) is 5.11 Å². The first-order valence-electron chi connectivity index (χ1n) is 8.11. The van der Waals surface area contributed by atoms with Gasteiger partial charge in [-0.2, -0.15) is 0 Å². The molecular formula is C20H27NO. The van der Waals surface area contributed by atoms with E-state index in [1.165, 1.54) is 0 Å². The van der Waals surface area contributed by atoms with Gasteiger partial charge in [0, 0.05) is 12.5 Å². The smallest absolute Gasteiger partial charge is 0.118 e. The summed E-state index contributed by atoms with van der Waals surface area (Å²) in [7, 11) is 2.12. The van der Waals surface area contributed by atoms with Gasteiger partial charge < -0.3 is 10.0 Å². The Bertz CT molecular complexity index is 513. The quantitative estimate of drug-likeness (QED) is 0.838. The maximum absolute atomic E-state index is 11.6. The highest BCUT2D eigenvalue weighted by atomic mass is 16.3. The molecule has 1 atom stereocenters. The molecule has 2 aromatic rings. The molecular weight excluding hydrogens is 270 g/mol. The van der Waals surface area contributed by atoms with Gasteiger partial charge >= 0.3 is 0 Å². The summed E-state index contributed by atoms with van der Waals surface area (Å²) in [5, 5.41) is 11.6. The summed E-state index contributed by atoms with van der Waals surface area (Å²) in [5.74, 6) is 0.0915. The molecule has 0 saturated carbocycles. The number of hydrogen-bond acceptors (Lipinski definition) is 2. The van der Waals surface area contributed by atoms with Gasteiger partial charge in [-0.25, -0.2) is 0 Å². The molecule has 2 heteroatoms. The molecule has 0 aliphatic rings. The molecule has 0 spiro atoms. The van der Waals surface area contributed by atoms with Crippen LogP contribution in [0.15, 0.2) is 60.7 Å². The van der Waals surface area contributed by atoms with Gasteiger partial charge in [0.2, 0.25) is 0 Å². The Hall–Kier alpha value is -1.64. The van der Waals surface area contributed by atoms with E-state index in [1.54, 1.807) is 0 Å². The molecule has 0 radical (unpaired) electrons. The lowest BCUT2D eigenvalue weighted by Crippen LogP contribution is -2.41. The molecule has 2 nitrogen and oxygen atoms in total. The predicted molar refractivity (Wildman–Crippen MR) is 92.8 cm³/mol. The average Bonchev–Trinajstić information content (AvgIpc) is 2.55. The van der Waals surface area contributed by atoms with Crippen LogP contribution in [0.4, 0.5) is 0 Å². The molecule has 0 aliphatic carbocycles. The first-order chi connectivity index (χ1) is 10.6. The minimum Gasteiger partial charge on any atom is -0.380 e. The van der Waals surface area contributed by atoms with E-state index in [0.29, 0.717) is 0 Å². The lowest BCUT2D eigenvalue weighted by Gasteiger charge is -2.37. The highest BCUT2D eigenvalue weighted by molar-refractivity contribution is 5.36. The van der Waals surface area contributed by atoms with Crippen molar-refractivity contribution in [3.05, 3.63) is 71.8 Å². The molecule has 1 unspecified atom stereocenters. The Balaban J connectivity index is 2.38. The van der Waals surface area contributed by atoms with E-state index in [1.807, 2.05) is 60.7 Å². The number of rotatable bonds is 7. The normalized spacial score (nSPS) is 13.3. The number of hydrogen-bond donors (Lipinski definition) is 1. The number of nitrogens with zero attached hydrogens (tertiary/aromatic N) is 1.